The highest BCUT2D eigenvalue weighted by Gasteiger charge is 2.23. The smallest absolute Gasteiger partial charge is 0.305 e. The summed E-state index contributed by atoms with van der Waals surface area (Å²) in [6.45, 7) is 0.445. The van der Waals surface area contributed by atoms with E-state index in [1.165, 1.54) is 6.07 Å². The van der Waals surface area contributed by atoms with E-state index >= 15 is 0 Å². The average molecular weight is 305 g/mol. The molecule has 7 heteroatoms. The van der Waals surface area contributed by atoms with Gasteiger partial charge >= 0.3 is 5.69 Å². The maximum Gasteiger partial charge on any atom is 0.305 e. The van der Waals surface area contributed by atoms with Gasteiger partial charge in [-0.05, 0) is 30.0 Å². The van der Waals surface area contributed by atoms with Crippen LogP contribution in [0.1, 0.15) is 15.2 Å². The fourth-order valence-electron chi connectivity index (χ4n) is 1.97. The Labute approximate surface area is 126 Å². The van der Waals surface area contributed by atoms with E-state index in [9.17, 15) is 14.9 Å². The molecule has 1 heterocycles. The Morgan fingerprint density at radius 1 is 1.33 bits per heavy atom. The Balaban J connectivity index is 2.10. The third kappa shape index (κ3) is 3.57. The molecule has 0 aliphatic rings. The summed E-state index contributed by atoms with van der Waals surface area (Å²) in [6, 6.07) is 8.58. The number of carbonyl (C=O) groups excluding carboxylic acids is 1. The van der Waals surface area contributed by atoms with Gasteiger partial charge in [-0.1, -0.05) is 12.1 Å². The molecule has 1 amide bonds. The van der Waals surface area contributed by atoms with Gasteiger partial charge in [0, 0.05) is 18.5 Å². The minimum atomic E-state index is -0.542. The standard InChI is InChI=1S/C14H15N3O3S/c1-15-12-6-2-5-11(13(12)17(19)20)14(18)16-8-7-10-4-3-9-21-10/h2-6,9,15H,7-8H2,1H3,(H,16,18). The summed E-state index contributed by atoms with van der Waals surface area (Å²) in [5.41, 5.74) is 0.192. The fraction of sp³-hybridized carbons (Fsp3) is 0.214. The van der Waals surface area contributed by atoms with E-state index in [0.29, 0.717) is 18.7 Å². The monoisotopic (exact) mass is 305 g/mol. The summed E-state index contributed by atoms with van der Waals surface area (Å²) in [7, 11) is 1.58. The van der Waals surface area contributed by atoms with Crippen molar-refractivity contribution in [3.05, 3.63) is 56.3 Å². The lowest BCUT2D eigenvalue weighted by Gasteiger charge is -2.08. The van der Waals surface area contributed by atoms with Gasteiger partial charge in [0.15, 0.2) is 0 Å². The molecule has 2 rings (SSSR count). The van der Waals surface area contributed by atoms with E-state index in [2.05, 4.69) is 10.6 Å². The number of hydrogen-bond acceptors (Lipinski definition) is 5. The van der Waals surface area contributed by atoms with Crippen LogP contribution in [0.15, 0.2) is 35.7 Å². The summed E-state index contributed by atoms with van der Waals surface area (Å²) in [5.74, 6) is -0.435. The van der Waals surface area contributed by atoms with Crippen molar-refractivity contribution in [3.8, 4) is 0 Å². The summed E-state index contributed by atoms with van der Waals surface area (Å²) < 4.78 is 0. The Morgan fingerprint density at radius 2 is 2.14 bits per heavy atom. The van der Waals surface area contributed by atoms with E-state index in [1.807, 2.05) is 17.5 Å². The van der Waals surface area contributed by atoms with Gasteiger partial charge in [-0.25, -0.2) is 0 Å². The molecule has 0 saturated heterocycles. The second-order valence-corrected chi connectivity index (χ2v) is 5.33. The lowest BCUT2D eigenvalue weighted by atomic mass is 10.1. The fourth-order valence-corrected chi connectivity index (χ4v) is 2.68. The lowest BCUT2D eigenvalue weighted by Crippen LogP contribution is -2.26. The third-order valence-corrected chi connectivity index (χ3v) is 3.91. The van der Waals surface area contributed by atoms with Gasteiger partial charge in [-0.3, -0.25) is 14.9 Å². The normalized spacial score (nSPS) is 10.1. The number of carbonyl (C=O) groups is 1. The molecule has 1 aromatic heterocycles. The van der Waals surface area contributed by atoms with Crippen LogP contribution in [0.5, 0.6) is 0 Å². The van der Waals surface area contributed by atoms with Crippen LogP contribution in [0.2, 0.25) is 0 Å². The number of para-hydroxylation sites is 1. The number of rotatable bonds is 6. The number of amides is 1. The predicted molar refractivity (Wildman–Crippen MR) is 83.0 cm³/mol. The second-order valence-electron chi connectivity index (χ2n) is 4.29. The number of nitro benzene ring substituents is 1. The molecule has 2 N–H and O–H groups in total. The zero-order valence-electron chi connectivity index (χ0n) is 11.5. The number of benzene rings is 1. The van der Waals surface area contributed by atoms with E-state index < -0.39 is 10.8 Å². The third-order valence-electron chi connectivity index (χ3n) is 2.97. The summed E-state index contributed by atoms with van der Waals surface area (Å²) in [5, 5.41) is 18.6. The van der Waals surface area contributed by atoms with Gasteiger partial charge in [-0.2, -0.15) is 0 Å². The van der Waals surface area contributed by atoms with Gasteiger partial charge < -0.3 is 10.6 Å². The molecule has 0 aliphatic heterocycles. The first-order valence-electron chi connectivity index (χ1n) is 6.39. The average Bonchev–Trinajstić information content (AvgIpc) is 2.99. The van der Waals surface area contributed by atoms with Crippen LogP contribution in [0.3, 0.4) is 0 Å². The summed E-state index contributed by atoms with van der Waals surface area (Å²) in [6.07, 6.45) is 0.711. The zero-order chi connectivity index (χ0) is 15.2. The van der Waals surface area contributed by atoms with Crippen molar-refractivity contribution in [1.82, 2.24) is 5.32 Å². The van der Waals surface area contributed by atoms with Gasteiger partial charge in [0.05, 0.1) is 4.92 Å². The van der Waals surface area contributed by atoms with Gasteiger partial charge in [-0.15, -0.1) is 11.3 Å². The molecule has 0 aliphatic carbocycles. The van der Waals surface area contributed by atoms with Crippen LogP contribution in [0.4, 0.5) is 11.4 Å². The predicted octanol–water partition coefficient (Wildman–Crippen LogP) is 2.67. The number of thiophene rings is 1. The highest BCUT2D eigenvalue weighted by molar-refractivity contribution is 7.09. The van der Waals surface area contributed by atoms with E-state index in [4.69, 9.17) is 0 Å². The molecule has 6 nitrogen and oxygen atoms in total. The van der Waals surface area contributed by atoms with Crippen LogP contribution in [0.25, 0.3) is 0 Å². The molecular formula is C14H15N3O3S. The van der Waals surface area contributed by atoms with Crippen molar-refractivity contribution in [2.45, 2.75) is 6.42 Å². The number of hydrogen-bond donors (Lipinski definition) is 2. The number of nitrogens with one attached hydrogen (secondary N) is 2. The summed E-state index contributed by atoms with van der Waals surface area (Å²) in [4.78, 5) is 23.9. The molecular weight excluding hydrogens is 290 g/mol. The van der Waals surface area contributed by atoms with Gasteiger partial charge in [0.1, 0.15) is 11.3 Å². The molecule has 0 atom stereocenters. The molecule has 0 spiro atoms. The van der Waals surface area contributed by atoms with Crippen molar-refractivity contribution in [1.29, 1.82) is 0 Å². The van der Waals surface area contributed by atoms with Gasteiger partial charge in [0.2, 0.25) is 0 Å². The molecule has 1 aromatic carbocycles. The molecule has 0 saturated carbocycles. The van der Waals surface area contributed by atoms with Crippen molar-refractivity contribution >= 4 is 28.6 Å². The van der Waals surface area contributed by atoms with Crippen LogP contribution in [0, 0.1) is 10.1 Å². The lowest BCUT2D eigenvalue weighted by molar-refractivity contribution is -0.384. The molecule has 0 unspecified atom stereocenters. The molecule has 2 aromatic rings. The van der Waals surface area contributed by atoms with Crippen molar-refractivity contribution in [2.75, 3.05) is 18.9 Å². The summed E-state index contributed by atoms with van der Waals surface area (Å²) >= 11 is 1.61. The molecule has 0 radical (unpaired) electrons. The van der Waals surface area contributed by atoms with E-state index in [0.717, 1.165) is 4.88 Å². The number of anilines is 1. The highest BCUT2D eigenvalue weighted by atomic mass is 32.1. The Bertz CT molecular complexity index is 641. The topological polar surface area (TPSA) is 84.3 Å². The first kappa shape index (κ1) is 15.0. The quantitative estimate of drug-likeness (QED) is 0.635. The van der Waals surface area contributed by atoms with E-state index in [1.54, 1.807) is 30.5 Å². The number of nitrogens with zero attached hydrogens (tertiary/aromatic N) is 1. The molecule has 21 heavy (non-hydrogen) atoms. The Kier molecular flexibility index (Phi) is 4.89. The van der Waals surface area contributed by atoms with Crippen LogP contribution >= 0.6 is 11.3 Å². The maximum absolute atomic E-state index is 12.1. The second kappa shape index (κ2) is 6.85. The minimum Gasteiger partial charge on any atom is -0.383 e. The molecule has 0 bridgehead atoms. The van der Waals surface area contributed by atoms with Crippen LogP contribution in [-0.4, -0.2) is 24.4 Å². The van der Waals surface area contributed by atoms with Crippen molar-refractivity contribution < 1.29 is 9.72 Å². The maximum atomic E-state index is 12.1. The van der Waals surface area contributed by atoms with Crippen molar-refractivity contribution in [3.63, 3.8) is 0 Å². The SMILES string of the molecule is CNc1cccc(C(=O)NCCc2cccs2)c1[N+](=O)[O-]. The largest absolute Gasteiger partial charge is 0.383 e. The minimum absolute atomic E-state index is 0.0676. The van der Waals surface area contributed by atoms with E-state index in [-0.39, 0.29) is 11.3 Å². The van der Waals surface area contributed by atoms with Crippen LogP contribution in [-0.2, 0) is 6.42 Å². The van der Waals surface area contributed by atoms with Gasteiger partial charge in [0.25, 0.3) is 5.91 Å². The first-order chi connectivity index (χ1) is 10.1. The van der Waals surface area contributed by atoms with Crippen molar-refractivity contribution in [2.24, 2.45) is 0 Å². The molecule has 110 valence electrons. The van der Waals surface area contributed by atoms with Crippen LogP contribution < -0.4 is 10.6 Å². The molecule has 0 fully saturated rings. The Morgan fingerprint density at radius 3 is 2.76 bits per heavy atom. The highest BCUT2D eigenvalue weighted by Crippen LogP contribution is 2.28. The zero-order valence-corrected chi connectivity index (χ0v) is 12.3. The first-order valence-corrected chi connectivity index (χ1v) is 7.27. The Hall–Kier alpha value is -2.41. The number of nitro groups is 1.